The summed E-state index contributed by atoms with van der Waals surface area (Å²) in [6, 6.07) is 5.40. The van der Waals surface area contributed by atoms with Gasteiger partial charge in [-0.3, -0.25) is 4.90 Å². The molecule has 2 aliphatic heterocycles. The number of alkyl halides is 3. The van der Waals surface area contributed by atoms with Gasteiger partial charge in [0.2, 0.25) is 0 Å². The molecule has 144 valence electrons. The third-order valence-electron chi connectivity index (χ3n) is 5.03. The summed E-state index contributed by atoms with van der Waals surface area (Å²) in [6.07, 6.45) is -1.88. The summed E-state index contributed by atoms with van der Waals surface area (Å²) < 4.78 is 37.7. The van der Waals surface area contributed by atoms with Crippen molar-refractivity contribution in [2.75, 3.05) is 37.7 Å². The van der Waals surface area contributed by atoms with Crippen molar-refractivity contribution in [1.29, 1.82) is 0 Å². The number of carbonyl (C=O) groups is 1. The fourth-order valence-corrected chi connectivity index (χ4v) is 4.52. The van der Waals surface area contributed by atoms with Crippen LogP contribution >= 0.6 is 11.8 Å². The van der Waals surface area contributed by atoms with E-state index in [0.29, 0.717) is 24.7 Å². The molecule has 4 nitrogen and oxygen atoms in total. The molecule has 2 heterocycles. The number of nitrogens with zero attached hydrogens (tertiary/aromatic N) is 2. The number of urea groups is 1. The molecule has 2 aliphatic rings. The van der Waals surface area contributed by atoms with E-state index >= 15 is 0 Å². The second-order valence-electron chi connectivity index (χ2n) is 6.72. The van der Waals surface area contributed by atoms with Gasteiger partial charge in [0.25, 0.3) is 0 Å². The number of nitrogens with one attached hydrogen (secondary N) is 1. The number of amides is 2. The van der Waals surface area contributed by atoms with Crippen molar-refractivity contribution >= 4 is 17.8 Å². The quantitative estimate of drug-likeness (QED) is 0.863. The van der Waals surface area contributed by atoms with Crippen LogP contribution in [0.3, 0.4) is 0 Å². The highest BCUT2D eigenvalue weighted by Gasteiger charge is 2.30. The Morgan fingerprint density at radius 1 is 1.08 bits per heavy atom. The van der Waals surface area contributed by atoms with Gasteiger partial charge in [0, 0.05) is 38.8 Å². The van der Waals surface area contributed by atoms with E-state index in [1.807, 2.05) is 11.8 Å². The Morgan fingerprint density at radius 2 is 1.69 bits per heavy atom. The predicted octanol–water partition coefficient (Wildman–Crippen LogP) is 3.43. The smallest absolute Gasteiger partial charge is 0.334 e. The number of rotatable bonds is 3. The van der Waals surface area contributed by atoms with Crippen molar-refractivity contribution in [3.05, 3.63) is 35.4 Å². The van der Waals surface area contributed by atoms with E-state index in [2.05, 4.69) is 10.2 Å². The monoisotopic (exact) mass is 387 g/mol. The molecule has 0 aromatic heterocycles. The summed E-state index contributed by atoms with van der Waals surface area (Å²) in [6.45, 7) is 3.41. The first kappa shape index (κ1) is 19.4. The Hall–Kier alpha value is -1.41. The zero-order chi connectivity index (χ0) is 18.6. The minimum atomic E-state index is -4.33. The lowest BCUT2D eigenvalue weighted by Crippen LogP contribution is -2.54. The minimum absolute atomic E-state index is 0.149. The van der Waals surface area contributed by atoms with Gasteiger partial charge in [-0.1, -0.05) is 12.1 Å². The first-order chi connectivity index (χ1) is 12.4. The first-order valence-electron chi connectivity index (χ1n) is 8.94. The molecule has 2 fully saturated rings. The Bertz CT molecular complexity index is 595. The third-order valence-corrected chi connectivity index (χ3v) is 6.08. The molecule has 0 aliphatic carbocycles. The van der Waals surface area contributed by atoms with Crippen LogP contribution in [0.5, 0.6) is 0 Å². The van der Waals surface area contributed by atoms with Crippen LogP contribution in [0, 0.1) is 0 Å². The van der Waals surface area contributed by atoms with Crippen LogP contribution in [0.15, 0.2) is 24.3 Å². The Kier molecular flexibility index (Phi) is 6.34. The van der Waals surface area contributed by atoms with Gasteiger partial charge in [-0.25, -0.2) is 4.79 Å². The van der Waals surface area contributed by atoms with E-state index in [4.69, 9.17) is 0 Å². The average Bonchev–Trinajstić information content (AvgIpc) is 2.66. The Balaban J connectivity index is 1.43. The molecule has 1 aromatic rings. The zero-order valence-electron chi connectivity index (χ0n) is 14.6. The number of hydrogen-bond donors (Lipinski definition) is 1. The SMILES string of the molecule is O=C(NCc1ccc(C(F)(F)F)cc1)N1CCN(C2CCSCC2)CC1. The van der Waals surface area contributed by atoms with E-state index in [1.54, 1.807) is 4.90 Å². The first-order valence-corrected chi connectivity index (χ1v) is 10.1. The number of benzene rings is 1. The van der Waals surface area contributed by atoms with Crippen LogP contribution in [0.25, 0.3) is 0 Å². The van der Waals surface area contributed by atoms with E-state index in [9.17, 15) is 18.0 Å². The number of halogens is 3. The predicted molar refractivity (Wildman–Crippen MR) is 97.2 cm³/mol. The summed E-state index contributed by atoms with van der Waals surface area (Å²) in [4.78, 5) is 16.6. The fourth-order valence-electron chi connectivity index (χ4n) is 3.44. The normalized spacial score (nSPS) is 20.2. The molecule has 0 radical (unpaired) electrons. The highest BCUT2D eigenvalue weighted by Crippen LogP contribution is 2.29. The van der Waals surface area contributed by atoms with Gasteiger partial charge in [0.15, 0.2) is 0 Å². The van der Waals surface area contributed by atoms with Crippen LogP contribution in [0.4, 0.5) is 18.0 Å². The summed E-state index contributed by atoms with van der Waals surface area (Å²) in [5, 5.41) is 2.81. The van der Waals surface area contributed by atoms with Gasteiger partial charge < -0.3 is 10.2 Å². The maximum Gasteiger partial charge on any atom is 0.416 e. The molecule has 8 heteroatoms. The summed E-state index contributed by atoms with van der Waals surface area (Å²) >= 11 is 2.01. The number of piperazine rings is 1. The van der Waals surface area contributed by atoms with Gasteiger partial charge in [0.05, 0.1) is 5.56 Å². The van der Waals surface area contributed by atoms with Gasteiger partial charge in [-0.05, 0) is 42.0 Å². The lowest BCUT2D eigenvalue weighted by molar-refractivity contribution is -0.137. The third kappa shape index (κ3) is 5.07. The van der Waals surface area contributed by atoms with Gasteiger partial charge in [-0.15, -0.1) is 0 Å². The average molecular weight is 387 g/mol. The molecule has 0 bridgehead atoms. The second-order valence-corrected chi connectivity index (χ2v) is 7.94. The molecular formula is C18H24F3N3OS. The van der Waals surface area contributed by atoms with Crippen molar-refractivity contribution in [2.24, 2.45) is 0 Å². The molecule has 2 amide bonds. The maximum absolute atomic E-state index is 12.6. The topological polar surface area (TPSA) is 35.6 Å². The summed E-state index contributed by atoms with van der Waals surface area (Å²) in [7, 11) is 0. The van der Waals surface area contributed by atoms with E-state index in [1.165, 1.54) is 36.5 Å². The molecule has 0 atom stereocenters. The van der Waals surface area contributed by atoms with Gasteiger partial charge >= 0.3 is 12.2 Å². The van der Waals surface area contributed by atoms with Crippen molar-refractivity contribution in [3.8, 4) is 0 Å². The van der Waals surface area contributed by atoms with Gasteiger partial charge in [-0.2, -0.15) is 24.9 Å². The van der Waals surface area contributed by atoms with Gasteiger partial charge in [0.1, 0.15) is 0 Å². The Morgan fingerprint density at radius 3 is 2.27 bits per heavy atom. The minimum Gasteiger partial charge on any atom is -0.334 e. The summed E-state index contributed by atoms with van der Waals surface area (Å²) in [5.41, 5.74) is -0.0190. The highest BCUT2D eigenvalue weighted by atomic mass is 32.2. The second kappa shape index (κ2) is 8.52. The standard InChI is InChI=1S/C18H24F3N3OS/c19-18(20,21)15-3-1-14(2-4-15)13-22-17(25)24-9-7-23(8-10-24)16-5-11-26-12-6-16/h1-4,16H,5-13H2,(H,22,25). The van der Waals surface area contributed by atoms with E-state index < -0.39 is 11.7 Å². The van der Waals surface area contributed by atoms with Crippen molar-refractivity contribution < 1.29 is 18.0 Å². The Labute approximate surface area is 156 Å². The molecule has 3 rings (SSSR count). The lowest BCUT2D eigenvalue weighted by Gasteiger charge is -2.40. The molecule has 0 spiro atoms. The lowest BCUT2D eigenvalue weighted by atomic mass is 10.1. The van der Waals surface area contributed by atoms with Crippen LogP contribution < -0.4 is 5.32 Å². The molecule has 2 saturated heterocycles. The van der Waals surface area contributed by atoms with E-state index in [-0.39, 0.29) is 12.6 Å². The zero-order valence-corrected chi connectivity index (χ0v) is 15.4. The van der Waals surface area contributed by atoms with Crippen molar-refractivity contribution in [1.82, 2.24) is 15.1 Å². The van der Waals surface area contributed by atoms with Crippen LogP contribution in [0.1, 0.15) is 24.0 Å². The molecule has 0 saturated carbocycles. The van der Waals surface area contributed by atoms with E-state index in [0.717, 1.165) is 25.2 Å². The van der Waals surface area contributed by atoms with Crippen molar-refractivity contribution in [3.63, 3.8) is 0 Å². The highest BCUT2D eigenvalue weighted by molar-refractivity contribution is 7.99. The molecule has 26 heavy (non-hydrogen) atoms. The van der Waals surface area contributed by atoms with Crippen LogP contribution in [-0.4, -0.2) is 59.6 Å². The van der Waals surface area contributed by atoms with Crippen molar-refractivity contribution in [2.45, 2.75) is 31.6 Å². The van der Waals surface area contributed by atoms with Crippen LogP contribution in [-0.2, 0) is 12.7 Å². The molecular weight excluding hydrogens is 363 g/mol. The summed E-state index contributed by atoms with van der Waals surface area (Å²) in [5.74, 6) is 2.44. The largest absolute Gasteiger partial charge is 0.416 e. The number of carbonyl (C=O) groups excluding carboxylic acids is 1. The van der Waals surface area contributed by atoms with Crippen LogP contribution in [0.2, 0.25) is 0 Å². The number of hydrogen-bond acceptors (Lipinski definition) is 3. The fraction of sp³-hybridized carbons (Fsp3) is 0.611. The molecule has 0 unspecified atom stereocenters. The molecule has 1 aromatic carbocycles. The maximum atomic E-state index is 12.6. The number of thioether (sulfide) groups is 1. The molecule has 1 N–H and O–H groups in total.